The van der Waals surface area contributed by atoms with Crippen molar-refractivity contribution in [2.75, 3.05) is 32.8 Å². The van der Waals surface area contributed by atoms with Crippen molar-refractivity contribution < 1.29 is 18.3 Å². The summed E-state index contributed by atoms with van der Waals surface area (Å²) in [5.41, 5.74) is 2.17. The van der Waals surface area contributed by atoms with Gasteiger partial charge in [-0.25, -0.2) is 8.78 Å². The van der Waals surface area contributed by atoms with Crippen molar-refractivity contribution >= 4 is 5.91 Å². The second-order valence-corrected chi connectivity index (χ2v) is 6.42. The first kappa shape index (κ1) is 17.3. The fraction of sp³-hybridized carbons (Fsp3) is 0.588. The summed E-state index contributed by atoms with van der Waals surface area (Å²) in [5.74, 6) is -3.16. The Morgan fingerprint density at radius 2 is 1.92 bits per heavy atom. The van der Waals surface area contributed by atoms with Gasteiger partial charge in [0.25, 0.3) is 5.92 Å². The highest BCUT2D eigenvalue weighted by atomic mass is 19.3. The van der Waals surface area contributed by atoms with Crippen LogP contribution in [0.25, 0.3) is 0 Å². The Morgan fingerprint density at radius 1 is 1.25 bits per heavy atom. The lowest BCUT2D eigenvalue weighted by atomic mass is 10.1. The summed E-state index contributed by atoms with van der Waals surface area (Å²) < 4.78 is 31.5. The third kappa shape index (κ3) is 4.72. The van der Waals surface area contributed by atoms with Gasteiger partial charge < -0.3 is 10.1 Å². The summed E-state index contributed by atoms with van der Waals surface area (Å²) in [6.45, 7) is 4.24. The van der Waals surface area contributed by atoms with E-state index in [2.05, 4.69) is 15.5 Å². The minimum atomic E-state index is -2.79. The quantitative estimate of drug-likeness (QED) is 0.845. The van der Waals surface area contributed by atoms with E-state index in [1.165, 1.54) is 5.56 Å². The SMILES string of the molecule is O=C(NCc1ccc(CN2CCOCC2)cc1)C1CC(F)(F)CN1. The Bertz CT molecular complexity index is 559. The van der Waals surface area contributed by atoms with Crippen LogP contribution in [0.15, 0.2) is 24.3 Å². The van der Waals surface area contributed by atoms with Crippen LogP contribution in [0, 0.1) is 0 Å². The summed E-state index contributed by atoms with van der Waals surface area (Å²) in [4.78, 5) is 14.3. The molecule has 0 aromatic heterocycles. The molecule has 0 bridgehead atoms. The van der Waals surface area contributed by atoms with Crippen molar-refractivity contribution in [3.8, 4) is 0 Å². The predicted molar refractivity (Wildman–Crippen MR) is 85.7 cm³/mol. The highest BCUT2D eigenvalue weighted by Gasteiger charge is 2.42. The number of hydrogen-bond acceptors (Lipinski definition) is 4. The van der Waals surface area contributed by atoms with Gasteiger partial charge in [-0.1, -0.05) is 24.3 Å². The van der Waals surface area contributed by atoms with Crippen molar-refractivity contribution in [1.82, 2.24) is 15.5 Å². The van der Waals surface area contributed by atoms with Crippen LogP contribution in [-0.2, 0) is 22.6 Å². The zero-order valence-electron chi connectivity index (χ0n) is 13.6. The molecule has 0 spiro atoms. The topological polar surface area (TPSA) is 53.6 Å². The molecule has 2 saturated heterocycles. The summed E-state index contributed by atoms with van der Waals surface area (Å²) in [6, 6.07) is 7.21. The second-order valence-electron chi connectivity index (χ2n) is 6.42. The number of benzene rings is 1. The fourth-order valence-electron chi connectivity index (χ4n) is 2.99. The van der Waals surface area contributed by atoms with Crippen molar-refractivity contribution in [3.05, 3.63) is 35.4 Å². The molecule has 2 heterocycles. The Kier molecular flexibility index (Phi) is 5.43. The summed E-state index contributed by atoms with van der Waals surface area (Å²) in [5, 5.41) is 5.28. The van der Waals surface area contributed by atoms with Crippen molar-refractivity contribution in [1.29, 1.82) is 0 Å². The number of amides is 1. The lowest BCUT2D eigenvalue weighted by Gasteiger charge is -2.26. The van der Waals surface area contributed by atoms with Gasteiger partial charge in [0, 0.05) is 32.6 Å². The number of halogens is 2. The van der Waals surface area contributed by atoms with E-state index in [4.69, 9.17) is 4.74 Å². The average molecular weight is 339 g/mol. The molecular formula is C17H23F2N3O2. The first-order chi connectivity index (χ1) is 11.5. The highest BCUT2D eigenvalue weighted by molar-refractivity contribution is 5.82. The molecule has 0 aliphatic carbocycles. The second kappa shape index (κ2) is 7.55. The van der Waals surface area contributed by atoms with Gasteiger partial charge in [-0.2, -0.15) is 0 Å². The molecule has 1 aromatic carbocycles. The van der Waals surface area contributed by atoms with Crippen LogP contribution in [-0.4, -0.2) is 55.6 Å². The largest absolute Gasteiger partial charge is 0.379 e. The highest BCUT2D eigenvalue weighted by Crippen LogP contribution is 2.25. The van der Waals surface area contributed by atoms with Crippen LogP contribution in [0.5, 0.6) is 0 Å². The molecule has 1 amide bonds. The van der Waals surface area contributed by atoms with Gasteiger partial charge in [0.1, 0.15) is 0 Å². The van der Waals surface area contributed by atoms with Crippen molar-refractivity contribution in [2.45, 2.75) is 31.5 Å². The molecule has 2 aliphatic rings. The van der Waals surface area contributed by atoms with Gasteiger partial charge in [0.15, 0.2) is 0 Å². The minimum Gasteiger partial charge on any atom is -0.379 e. The molecule has 0 saturated carbocycles. The Labute approximate surface area is 140 Å². The van der Waals surface area contributed by atoms with E-state index in [9.17, 15) is 13.6 Å². The molecular weight excluding hydrogens is 316 g/mol. The van der Waals surface area contributed by atoms with Crippen molar-refractivity contribution in [3.63, 3.8) is 0 Å². The van der Waals surface area contributed by atoms with E-state index in [0.29, 0.717) is 6.54 Å². The third-order valence-electron chi connectivity index (χ3n) is 4.43. The molecule has 5 nitrogen and oxygen atoms in total. The van der Waals surface area contributed by atoms with E-state index < -0.39 is 24.9 Å². The molecule has 2 fully saturated rings. The van der Waals surface area contributed by atoms with Gasteiger partial charge >= 0.3 is 0 Å². The van der Waals surface area contributed by atoms with E-state index in [1.807, 2.05) is 24.3 Å². The predicted octanol–water partition coefficient (Wildman–Crippen LogP) is 1.13. The maximum Gasteiger partial charge on any atom is 0.262 e. The summed E-state index contributed by atoms with van der Waals surface area (Å²) in [6.07, 6.45) is -0.433. The summed E-state index contributed by atoms with van der Waals surface area (Å²) in [7, 11) is 0. The van der Waals surface area contributed by atoms with Crippen LogP contribution in [0.1, 0.15) is 17.5 Å². The number of carbonyl (C=O) groups is 1. The zero-order chi connectivity index (χ0) is 17.0. The molecule has 2 N–H and O–H groups in total. The number of alkyl halides is 2. The van der Waals surface area contributed by atoms with E-state index >= 15 is 0 Å². The van der Waals surface area contributed by atoms with Crippen LogP contribution in [0.4, 0.5) is 8.78 Å². The minimum absolute atomic E-state index is 0.348. The van der Waals surface area contributed by atoms with Crippen LogP contribution in [0.3, 0.4) is 0 Å². The normalized spacial score (nSPS) is 24.0. The average Bonchev–Trinajstić information content (AvgIpc) is 2.95. The molecule has 1 aromatic rings. The first-order valence-electron chi connectivity index (χ1n) is 8.29. The molecule has 1 atom stereocenters. The third-order valence-corrected chi connectivity index (χ3v) is 4.43. The van der Waals surface area contributed by atoms with Gasteiger partial charge in [0.2, 0.25) is 5.91 Å². The monoisotopic (exact) mass is 339 g/mol. The number of hydrogen-bond donors (Lipinski definition) is 2. The molecule has 2 aliphatic heterocycles. The molecule has 132 valence electrons. The molecule has 7 heteroatoms. The number of carbonyl (C=O) groups excluding carboxylic acids is 1. The Morgan fingerprint density at radius 3 is 2.54 bits per heavy atom. The number of ether oxygens (including phenoxy) is 1. The molecule has 1 unspecified atom stereocenters. The van der Waals surface area contributed by atoms with Crippen LogP contribution < -0.4 is 10.6 Å². The molecule has 24 heavy (non-hydrogen) atoms. The van der Waals surface area contributed by atoms with Crippen LogP contribution in [0.2, 0.25) is 0 Å². The number of rotatable bonds is 5. The van der Waals surface area contributed by atoms with Crippen LogP contribution >= 0.6 is 0 Å². The standard InChI is InChI=1S/C17H23F2N3O2/c18-17(19)9-15(21-12-17)16(23)20-10-13-1-3-14(4-2-13)11-22-5-7-24-8-6-22/h1-4,15,21H,5-12H2,(H,20,23). The van der Waals surface area contributed by atoms with Gasteiger partial charge in [0.05, 0.1) is 25.8 Å². The van der Waals surface area contributed by atoms with Gasteiger partial charge in [-0.3, -0.25) is 15.0 Å². The number of morpholine rings is 1. The molecule has 3 rings (SSSR count). The first-order valence-corrected chi connectivity index (χ1v) is 8.29. The molecule has 0 radical (unpaired) electrons. The van der Waals surface area contributed by atoms with Crippen molar-refractivity contribution in [2.24, 2.45) is 0 Å². The fourth-order valence-corrected chi connectivity index (χ4v) is 2.99. The smallest absolute Gasteiger partial charge is 0.262 e. The van der Waals surface area contributed by atoms with E-state index in [-0.39, 0.29) is 5.91 Å². The maximum absolute atomic E-state index is 13.1. The van der Waals surface area contributed by atoms with Gasteiger partial charge in [-0.15, -0.1) is 0 Å². The Hall–Kier alpha value is -1.57. The number of nitrogens with zero attached hydrogens (tertiary/aromatic N) is 1. The van der Waals surface area contributed by atoms with E-state index in [1.54, 1.807) is 0 Å². The summed E-state index contributed by atoms with van der Waals surface area (Å²) >= 11 is 0. The lowest BCUT2D eigenvalue weighted by Crippen LogP contribution is -2.40. The van der Waals surface area contributed by atoms with Gasteiger partial charge in [-0.05, 0) is 11.1 Å². The lowest BCUT2D eigenvalue weighted by molar-refractivity contribution is -0.123. The number of nitrogens with one attached hydrogen (secondary N) is 2. The Balaban J connectivity index is 1.45. The zero-order valence-corrected chi connectivity index (χ0v) is 13.6. The van der Waals surface area contributed by atoms with E-state index in [0.717, 1.165) is 38.4 Å². The maximum atomic E-state index is 13.1.